The van der Waals surface area contributed by atoms with Gasteiger partial charge in [-0.2, -0.15) is 0 Å². The standard InChI is InChI=1S/C26H21FN2O2/c27-19-15-13-17(14-16-19)25-24-21(10-6-12-23(24)30)28-20-9-4-5-11-22(20)29(25)26(31)18-7-2-1-3-8-18/h1-5,7-9,11,13-16,25,28H,6,10,12H2/t25-/m0/s1. The first kappa shape index (κ1) is 19.2. The Hall–Kier alpha value is -3.73. The van der Waals surface area contributed by atoms with Crippen molar-refractivity contribution in [3.05, 3.63) is 107 Å². The van der Waals surface area contributed by atoms with Gasteiger partial charge in [-0.3, -0.25) is 14.5 Å². The van der Waals surface area contributed by atoms with Crippen molar-refractivity contribution < 1.29 is 14.0 Å². The van der Waals surface area contributed by atoms with E-state index >= 15 is 0 Å². The Kier molecular flexibility index (Phi) is 4.86. The van der Waals surface area contributed by atoms with E-state index in [2.05, 4.69) is 5.32 Å². The molecule has 1 atom stereocenters. The van der Waals surface area contributed by atoms with Gasteiger partial charge in [-0.1, -0.05) is 42.5 Å². The van der Waals surface area contributed by atoms with Gasteiger partial charge in [0, 0.05) is 23.3 Å². The van der Waals surface area contributed by atoms with Crippen LogP contribution >= 0.6 is 0 Å². The Morgan fingerprint density at radius 2 is 1.61 bits per heavy atom. The molecular weight excluding hydrogens is 391 g/mol. The van der Waals surface area contributed by atoms with E-state index < -0.39 is 6.04 Å². The molecule has 0 saturated carbocycles. The van der Waals surface area contributed by atoms with Crippen LogP contribution in [0.4, 0.5) is 15.8 Å². The van der Waals surface area contributed by atoms with E-state index in [0.29, 0.717) is 28.8 Å². The Balaban J connectivity index is 1.78. The van der Waals surface area contributed by atoms with Crippen LogP contribution in [0.1, 0.15) is 41.2 Å². The number of allylic oxidation sites excluding steroid dienone is 1. The van der Waals surface area contributed by atoms with Gasteiger partial charge in [-0.25, -0.2) is 4.39 Å². The smallest absolute Gasteiger partial charge is 0.259 e. The van der Waals surface area contributed by atoms with Gasteiger partial charge in [0.05, 0.1) is 17.4 Å². The Labute approximate surface area is 180 Å². The summed E-state index contributed by atoms with van der Waals surface area (Å²) in [6, 6.07) is 22.0. The van der Waals surface area contributed by atoms with Crippen molar-refractivity contribution in [3.63, 3.8) is 0 Å². The number of rotatable bonds is 2. The van der Waals surface area contributed by atoms with Crippen LogP contribution in [-0.4, -0.2) is 11.7 Å². The topological polar surface area (TPSA) is 49.4 Å². The highest BCUT2D eigenvalue weighted by Gasteiger charge is 2.39. The number of amides is 1. The number of para-hydroxylation sites is 2. The Bertz CT molecular complexity index is 1190. The summed E-state index contributed by atoms with van der Waals surface area (Å²) in [5.41, 5.74) is 4.11. The molecule has 154 valence electrons. The van der Waals surface area contributed by atoms with Crippen molar-refractivity contribution in [1.29, 1.82) is 0 Å². The first-order valence-corrected chi connectivity index (χ1v) is 10.4. The average Bonchev–Trinajstić information content (AvgIpc) is 2.95. The average molecular weight is 412 g/mol. The van der Waals surface area contributed by atoms with Crippen LogP contribution < -0.4 is 10.2 Å². The summed E-state index contributed by atoms with van der Waals surface area (Å²) >= 11 is 0. The summed E-state index contributed by atoms with van der Waals surface area (Å²) < 4.78 is 13.7. The summed E-state index contributed by atoms with van der Waals surface area (Å²) in [7, 11) is 0. The third kappa shape index (κ3) is 3.42. The molecule has 1 aliphatic heterocycles. The number of hydrogen-bond acceptors (Lipinski definition) is 3. The zero-order valence-electron chi connectivity index (χ0n) is 16.8. The number of hydrogen-bond donors (Lipinski definition) is 1. The van der Waals surface area contributed by atoms with Crippen LogP contribution in [0.3, 0.4) is 0 Å². The minimum absolute atomic E-state index is 0.0155. The second-order valence-corrected chi connectivity index (χ2v) is 7.81. The van der Waals surface area contributed by atoms with Crippen molar-refractivity contribution in [3.8, 4) is 0 Å². The second kappa shape index (κ2) is 7.84. The van der Waals surface area contributed by atoms with Gasteiger partial charge in [0.2, 0.25) is 0 Å². The van der Waals surface area contributed by atoms with Gasteiger partial charge in [0.25, 0.3) is 5.91 Å². The van der Waals surface area contributed by atoms with Crippen LogP contribution in [0.5, 0.6) is 0 Å². The number of nitrogens with one attached hydrogen (secondary N) is 1. The summed E-state index contributed by atoms with van der Waals surface area (Å²) in [6.07, 6.45) is 1.91. The van der Waals surface area contributed by atoms with Gasteiger partial charge in [-0.05, 0) is 54.8 Å². The second-order valence-electron chi connectivity index (χ2n) is 7.81. The molecule has 0 unspecified atom stereocenters. The summed E-state index contributed by atoms with van der Waals surface area (Å²) in [4.78, 5) is 28.7. The number of anilines is 2. The summed E-state index contributed by atoms with van der Waals surface area (Å²) in [5, 5.41) is 3.43. The van der Waals surface area contributed by atoms with Crippen molar-refractivity contribution in [1.82, 2.24) is 0 Å². The normalized spacial score (nSPS) is 18.0. The fourth-order valence-corrected chi connectivity index (χ4v) is 4.44. The molecule has 0 spiro atoms. The molecule has 0 radical (unpaired) electrons. The van der Waals surface area contributed by atoms with E-state index in [-0.39, 0.29) is 17.5 Å². The maximum Gasteiger partial charge on any atom is 0.259 e. The Morgan fingerprint density at radius 1 is 0.903 bits per heavy atom. The number of Topliss-reactive ketones (excluding diaryl/α,β-unsaturated/α-hetero) is 1. The zero-order valence-corrected chi connectivity index (χ0v) is 16.8. The molecule has 0 fully saturated rings. The van der Waals surface area contributed by atoms with Gasteiger partial charge >= 0.3 is 0 Å². The largest absolute Gasteiger partial charge is 0.357 e. The number of ketones is 1. The van der Waals surface area contributed by atoms with E-state index in [1.807, 2.05) is 42.5 Å². The number of carbonyl (C=O) groups is 2. The highest BCUT2D eigenvalue weighted by molar-refractivity contribution is 6.11. The lowest BCUT2D eigenvalue weighted by Crippen LogP contribution is -2.38. The monoisotopic (exact) mass is 412 g/mol. The van der Waals surface area contributed by atoms with Crippen molar-refractivity contribution >= 4 is 23.1 Å². The molecule has 1 aliphatic carbocycles. The third-order valence-electron chi connectivity index (χ3n) is 5.86. The molecular formula is C26H21FN2O2. The highest BCUT2D eigenvalue weighted by atomic mass is 19.1. The summed E-state index contributed by atoms with van der Waals surface area (Å²) in [5.74, 6) is -0.556. The maximum atomic E-state index is 13.8. The van der Waals surface area contributed by atoms with E-state index in [1.165, 1.54) is 12.1 Å². The van der Waals surface area contributed by atoms with Crippen LogP contribution in [0.15, 0.2) is 90.1 Å². The molecule has 1 heterocycles. The minimum atomic E-state index is -0.646. The molecule has 0 saturated heterocycles. The van der Waals surface area contributed by atoms with E-state index in [0.717, 1.165) is 24.2 Å². The molecule has 5 rings (SSSR count). The lowest BCUT2D eigenvalue weighted by Gasteiger charge is -2.34. The maximum absolute atomic E-state index is 13.8. The number of carbonyl (C=O) groups excluding carboxylic acids is 2. The predicted molar refractivity (Wildman–Crippen MR) is 118 cm³/mol. The van der Waals surface area contributed by atoms with Crippen LogP contribution in [-0.2, 0) is 4.79 Å². The number of nitrogens with zero attached hydrogens (tertiary/aromatic N) is 1. The zero-order chi connectivity index (χ0) is 21.4. The number of fused-ring (bicyclic) bond motifs is 1. The van der Waals surface area contributed by atoms with Crippen molar-refractivity contribution in [2.24, 2.45) is 0 Å². The van der Waals surface area contributed by atoms with Crippen LogP contribution in [0, 0.1) is 5.82 Å². The van der Waals surface area contributed by atoms with E-state index in [9.17, 15) is 14.0 Å². The molecule has 3 aromatic carbocycles. The number of benzene rings is 3. The fraction of sp³-hybridized carbons (Fsp3) is 0.154. The van der Waals surface area contributed by atoms with E-state index in [1.54, 1.807) is 29.2 Å². The van der Waals surface area contributed by atoms with Crippen LogP contribution in [0.25, 0.3) is 0 Å². The van der Waals surface area contributed by atoms with Gasteiger partial charge in [0.15, 0.2) is 5.78 Å². The first-order chi connectivity index (χ1) is 15.1. The molecule has 31 heavy (non-hydrogen) atoms. The fourth-order valence-electron chi connectivity index (χ4n) is 4.44. The lowest BCUT2D eigenvalue weighted by atomic mass is 9.85. The molecule has 4 nitrogen and oxygen atoms in total. The highest BCUT2D eigenvalue weighted by Crippen LogP contribution is 2.45. The molecule has 2 aliphatic rings. The molecule has 3 aromatic rings. The third-order valence-corrected chi connectivity index (χ3v) is 5.86. The van der Waals surface area contributed by atoms with E-state index in [4.69, 9.17) is 0 Å². The first-order valence-electron chi connectivity index (χ1n) is 10.4. The van der Waals surface area contributed by atoms with Crippen LogP contribution in [0.2, 0.25) is 0 Å². The molecule has 1 N–H and O–H groups in total. The Morgan fingerprint density at radius 3 is 2.39 bits per heavy atom. The van der Waals surface area contributed by atoms with Crippen molar-refractivity contribution in [2.75, 3.05) is 10.2 Å². The van der Waals surface area contributed by atoms with Gasteiger partial charge in [0.1, 0.15) is 5.82 Å². The minimum Gasteiger partial charge on any atom is -0.357 e. The van der Waals surface area contributed by atoms with Crippen molar-refractivity contribution in [2.45, 2.75) is 25.3 Å². The molecule has 1 amide bonds. The molecule has 0 aromatic heterocycles. The SMILES string of the molecule is O=C1CCCC2=C1[C@H](c1ccc(F)cc1)N(C(=O)c1ccccc1)c1ccccc1N2. The molecule has 5 heteroatoms. The molecule has 0 bridgehead atoms. The van der Waals surface area contributed by atoms with Gasteiger partial charge < -0.3 is 5.32 Å². The quantitative estimate of drug-likeness (QED) is 0.592. The summed E-state index contributed by atoms with van der Waals surface area (Å²) in [6.45, 7) is 0. The van der Waals surface area contributed by atoms with Gasteiger partial charge in [-0.15, -0.1) is 0 Å². The number of halogens is 1. The predicted octanol–water partition coefficient (Wildman–Crippen LogP) is 5.65. The lowest BCUT2D eigenvalue weighted by molar-refractivity contribution is -0.116.